The van der Waals surface area contributed by atoms with Crippen molar-refractivity contribution in [1.82, 2.24) is 20.8 Å². The molecular weight excluding hydrogens is 389 g/mol. The SMILES string of the molecule is CCc1cnc(CNC(=NC)NCc2ccon2)s1.I. The Morgan fingerprint density at radius 3 is 2.80 bits per heavy atom. The minimum absolute atomic E-state index is 0. The summed E-state index contributed by atoms with van der Waals surface area (Å²) in [4.78, 5) is 9.79. The maximum absolute atomic E-state index is 4.77. The quantitative estimate of drug-likeness (QED) is 0.452. The second-order valence-corrected chi connectivity index (χ2v) is 5.04. The van der Waals surface area contributed by atoms with E-state index in [1.165, 1.54) is 4.88 Å². The first-order valence-electron chi connectivity index (χ1n) is 6.09. The molecule has 0 aliphatic rings. The van der Waals surface area contributed by atoms with Crippen molar-refractivity contribution < 1.29 is 4.52 Å². The molecule has 0 fully saturated rings. The van der Waals surface area contributed by atoms with Gasteiger partial charge in [0.15, 0.2) is 5.96 Å². The molecule has 0 radical (unpaired) electrons. The van der Waals surface area contributed by atoms with Gasteiger partial charge in [0.1, 0.15) is 17.0 Å². The Morgan fingerprint density at radius 1 is 1.40 bits per heavy atom. The van der Waals surface area contributed by atoms with E-state index in [9.17, 15) is 0 Å². The topological polar surface area (TPSA) is 75.3 Å². The molecule has 8 heteroatoms. The van der Waals surface area contributed by atoms with Gasteiger partial charge >= 0.3 is 0 Å². The second-order valence-electron chi connectivity index (χ2n) is 3.84. The number of nitrogens with zero attached hydrogens (tertiary/aromatic N) is 3. The van der Waals surface area contributed by atoms with Crippen LogP contribution in [0.1, 0.15) is 22.5 Å². The average Bonchev–Trinajstić information content (AvgIpc) is 3.10. The van der Waals surface area contributed by atoms with Crippen molar-refractivity contribution in [2.75, 3.05) is 7.05 Å². The van der Waals surface area contributed by atoms with Gasteiger partial charge in [0.25, 0.3) is 0 Å². The zero-order valence-electron chi connectivity index (χ0n) is 11.4. The normalized spacial score (nSPS) is 11.0. The lowest BCUT2D eigenvalue weighted by atomic mass is 10.4. The Balaban J connectivity index is 0.00000200. The van der Waals surface area contributed by atoms with Gasteiger partial charge in [-0.15, -0.1) is 35.3 Å². The van der Waals surface area contributed by atoms with Gasteiger partial charge in [-0.05, 0) is 6.42 Å². The lowest BCUT2D eigenvalue weighted by molar-refractivity contribution is 0.410. The molecule has 0 amide bonds. The number of halogens is 1. The van der Waals surface area contributed by atoms with Crippen LogP contribution in [-0.4, -0.2) is 23.1 Å². The van der Waals surface area contributed by atoms with Crippen LogP contribution in [0.4, 0.5) is 0 Å². The molecule has 110 valence electrons. The molecule has 2 aromatic rings. The largest absolute Gasteiger partial charge is 0.364 e. The average molecular weight is 407 g/mol. The zero-order chi connectivity index (χ0) is 13.5. The third-order valence-corrected chi connectivity index (χ3v) is 3.65. The molecule has 0 aliphatic heterocycles. The fourth-order valence-corrected chi connectivity index (χ4v) is 2.28. The van der Waals surface area contributed by atoms with Crippen LogP contribution in [0.5, 0.6) is 0 Å². The second kappa shape index (κ2) is 8.90. The van der Waals surface area contributed by atoms with Gasteiger partial charge in [-0.25, -0.2) is 4.98 Å². The number of aliphatic imine (C=N–C) groups is 1. The maximum atomic E-state index is 4.77. The standard InChI is InChI=1S/C12H17N5OS.HI/c1-3-10-7-14-11(19-10)8-16-12(13-2)15-6-9-4-5-18-17-9;/h4-5,7H,3,6,8H2,1-2H3,(H2,13,15,16);1H. The molecule has 2 N–H and O–H groups in total. The molecule has 6 nitrogen and oxygen atoms in total. The highest BCUT2D eigenvalue weighted by Gasteiger charge is 2.03. The van der Waals surface area contributed by atoms with Crippen LogP contribution in [0.25, 0.3) is 0 Å². The fraction of sp³-hybridized carbons (Fsp3) is 0.417. The van der Waals surface area contributed by atoms with Gasteiger partial charge in [0.05, 0.1) is 13.1 Å². The smallest absolute Gasteiger partial charge is 0.191 e. The van der Waals surface area contributed by atoms with E-state index in [1.807, 2.05) is 12.3 Å². The third kappa shape index (κ3) is 5.08. The molecule has 2 heterocycles. The summed E-state index contributed by atoms with van der Waals surface area (Å²) in [5.74, 6) is 0.719. The summed E-state index contributed by atoms with van der Waals surface area (Å²) in [5.41, 5.74) is 0.838. The van der Waals surface area contributed by atoms with Gasteiger partial charge in [-0.3, -0.25) is 4.99 Å². The van der Waals surface area contributed by atoms with E-state index in [4.69, 9.17) is 4.52 Å². The summed E-state index contributed by atoms with van der Waals surface area (Å²) < 4.78 is 4.77. The van der Waals surface area contributed by atoms with Crippen LogP contribution in [0.3, 0.4) is 0 Å². The van der Waals surface area contributed by atoms with Crippen LogP contribution in [0, 0.1) is 0 Å². The van der Waals surface area contributed by atoms with Crippen LogP contribution in [0.2, 0.25) is 0 Å². The molecule has 2 aromatic heterocycles. The van der Waals surface area contributed by atoms with Crippen LogP contribution < -0.4 is 10.6 Å². The van der Waals surface area contributed by atoms with Crippen molar-refractivity contribution in [3.8, 4) is 0 Å². The summed E-state index contributed by atoms with van der Waals surface area (Å²) in [7, 11) is 1.73. The third-order valence-electron chi connectivity index (χ3n) is 2.51. The molecule has 2 rings (SSSR count). The molecule has 0 atom stereocenters. The summed E-state index contributed by atoms with van der Waals surface area (Å²) in [6, 6.07) is 1.81. The fourth-order valence-electron chi connectivity index (χ4n) is 1.48. The van der Waals surface area contributed by atoms with Crippen LogP contribution >= 0.6 is 35.3 Å². The van der Waals surface area contributed by atoms with Gasteiger partial charge in [0.2, 0.25) is 0 Å². The lowest BCUT2D eigenvalue weighted by Gasteiger charge is -2.09. The Hall–Kier alpha value is -1.16. The Labute approximate surface area is 139 Å². The highest BCUT2D eigenvalue weighted by Crippen LogP contribution is 2.12. The number of nitrogens with one attached hydrogen (secondary N) is 2. The summed E-state index contributed by atoms with van der Waals surface area (Å²) in [6.07, 6.45) is 4.50. The Bertz CT molecular complexity index is 526. The van der Waals surface area contributed by atoms with E-state index in [2.05, 4.69) is 32.7 Å². The van der Waals surface area contributed by atoms with E-state index in [1.54, 1.807) is 24.6 Å². The Morgan fingerprint density at radius 2 is 2.20 bits per heavy atom. The zero-order valence-corrected chi connectivity index (χ0v) is 14.6. The molecule has 20 heavy (non-hydrogen) atoms. The van der Waals surface area contributed by atoms with Crippen molar-refractivity contribution in [2.45, 2.75) is 26.4 Å². The minimum Gasteiger partial charge on any atom is -0.364 e. The number of guanidine groups is 1. The summed E-state index contributed by atoms with van der Waals surface area (Å²) in [6.45, 7) is 3.38. The number of thiazole rings is 1. The van der Waals surface area contributed by atoms with E-state index in [0.717, 1.165) is 23.1 Å². The summed E-state index contributed by atoms with van der Waals surface area (Å²) in [5, 5.41) is 11.3. The molecule has 0 bridgehead atoms. The van der Waals surface area contributed by atoms with Crippen molar-refractivity contribution >= 4 is 41.3 Å². The summed E-state index contributed by atoms with van der Waals surface area (Å²) >= 11 is 1.72. The molecule has 0 saturated heterocycles. The molecule has 0 unspecified atom stereocenters. The molecule has 0 spiro atoms. The number of rotatable bonds is 5. The first kappa shape index (κ1) is 16.9. The van der Waals surface area contributed by atoms with E-state index >= 15 is 0 Å². The van der Waals surface area contributed by atoms with Gasteiger partial charge in [-0.2, -0.15) is 0 Å². The highest BCUT2D eigenvalue weighted by molar-refractivity contribution is 14.0. The lowest BCUT2D eigenvalue weighted by Crippen LogP contribution is -2.36. The predicted octanol–water partition coefficient (Wildman–Crippen LogP) is 2.18. The van der Waals surface area contributed by atoms with Crippen LogP contribution in [0.15, 0.2) is 28.0 Å². The monoisotopic (exact) mass is 407 g/mol. The van der Waals surface area contributed by atoms with Crippen molar-refractivity contribution in [3.63, 3.8) is 0 Å². The highest BCUT2D eigenvalue weighted by atomic mass is 127. The first-order valence-corrected chi connectivity index (χ1v) is 6.90. The number of aromatic nitrogens is 2. The molecule has 0 aliphatic carbocycles. The van der Waals surface area contributed by atoms with Gasteiger partial charge in [0, 0.05) is 24.2 Å². The molecular formula is C12H18IN5OS. The predicted molar refractivity (Wildman–Crippen MR) is 90.4 cm³/mol. The van der Waals surface area contributed by atoms with Crippen molar-refractivity contribution in [1.29, 1.82) is 0 Å². The maximum Gasteiger partial charge on any atom is 0.191 e. The van der Waals surface area contributed by atoms with Gasteiger partial charge in [-0.1, -0.05) is 12.1 Å². The number of hydrogen-bond donors (Lipinski definition) is 2. The Kier molecular flexibility index (Phi) is 7.52. The van der Waals surface area contributed by atoms with E-state index in [-0.39, 0.29) is 24.0 Å². The molecule has 0 saturated carbocycles. The minimum atomic E-state index is 0. The van der Waals surface area contributed by atoms with E-state index < -0.39 is 0 Å². The first-order chi connectivity index (χ1) is 9.31. The molecule has 0 aromatic carbocycles. The number of aryl methyl sites for hydroxylation is 1. The van der Waals surface area contributed by atoms with Crippen LogP contribution in [-0.2, 0) is 19.5 Å². The van der Waals surface area contributed by atoms with Crippen molar-refractivity contribution in [2.24, 2.45) is 4.99 Å². The number of hydrogen-bond acceptors (Lipinski definition) is 5. The van der Waals surface area contributed by atoms with Crippen molar-refractivity contribution in [3.05, 3.63) is 34.1 Å². The van der Waals surface area contributed by atoms with E-state index in [0.29, 0.717) is 13.1 Å². The van der Waals surface area contributed by atoms with Gasteiger partial charge < -0.3 is 15.2 Å².